The van der Waals surface area contributed by atoms with Crippen molar-refractivity contribution in [2.45, 2.75) is 38.8 Å². The summed E-state index contributed by atoms with van der Waals surface area (Å²) in [5.74, 6) is 0.753. The highest BCUT2D eigenvalue weighted by molar-refractivity contribution is 6.30. The lowest BCUT2D eigenvalue weighted by molar-refractivity contribution is -0.136. The number of amides is 2. The van der Waals surface area contributed by atoms with E-state index in [1.54, 1.807) is 0 Å². The third kappa shape index (κ3) is 5.58. The smallest absolute Gasteiger partial charge is 0.258 e. The molecule has 0 radical (unpaired) electrons. The van der Waals surface area contributed by atoms with E-state index in [-0.39, 0.29) is 41.2 Å². The predicted molar refractivity (Wildman–Crippen MR) is 123 cm³/mol. The van der Waals surface area contributed by atoms with E-state index in [1.807, 2.05) is 31.2 Å². The molecule has 3 saturated carbocycles. The standard InChI is InChI=1S/C25H28ClFN2O4/c1-2-32-23-6-4-3-5-15(23)13-28-25(31)19-12-22(17-9-16(19)10-17)29-24(30)14-33-18-7-8-20(26)21(27)11-18/h3-8,11,16-17,19,22H,2,9-10,12-14H2,1H3,(H,28,31)(H,29,30). The molecule has 2 bridgehead atoms. The molecule has 0 spiro atoms. The Labute approximate surface area is 197 Å². The summed E-state index contributed by atoms with van der Waals surface area (Å²) in [4.78, 5) is 25.4. The molecule has 3 fully saturated rings. The molecule has 2 aromatic carbocycles. The molecule has 2 aromatic rings. The summed E-state index contributed by atoms with van der Waals surface area (Å²) in [7, 11) is 0. The number of hydrogen-bond acceptors (Lipinski definition) is 4. The molecule has 8 heteroatoms. The zero-order valence-electron chi connectivity index (χ0n) is 18.5. The Hall–Kier alpha value is -2.80. The highest BCUT2D eigenvalue weighted by Crippen LogP contribution is 2.49. The average Bonchev–Trinajstić information content (AvgIpc) is 2.78. The number of rotatable bonds is 9. The van der Waals surface area contributed by atoms with Crippen LogP contribution in [0, 0.1) is 23.6 Å². The van der Waals surface area contributed by atoms with Gasteiger partial charge in [-0.25, -0.2) is 4.39 Å². The molecule has 6 nitrogen and oxygen atoms in total. The molecule has 33 heavy (non-hydrogen) atoms. The fourth-order valence-corrected chi connectivity index (χ4v) is 4.86. The highest BCUT2D eigenvalue weighted by atomic mass is 35.5. The molecular formula is C25H28ClFN2O4. The molecule has 2 amide bonds. The minimum Gasteiger partial charge on any atom is -0.494 e. The summed E-state index contributed by atoms with van der Waals surface area (Å²) in [5, 5.41) is 6.05. The third-order valence-electron chi connectivity index (χ3n) is 6.53. The normalized spacial score (nSPS) is 23.2. The minimum atomic E-state index is -0.597. The second kappa shape index (κ2) is 10.4. The van der Waals surface area contributed by atoms with Gasteiger partial charge in [-0.2, -0.15) is 0 Å². The number of halogens is 2. The van der Waals surface area contributed by atoms with E-state index in [1.165, 1.54) is 12.1 Å². The Balaban J connectivity index is 1.28. The van der Waals surface area contributed by atoms with Gasteiger partial charge in [-0.3, -0.25) is 9.59 Å². The first-order valence-electron chi connectivity index (χ1n) is 11.3. The van der Waals surface area contributed by atoms with Crippen molar-refractivity contribution in [1.29, 1.82) is 0 Å². The average molecular weight is 475 g/mol. The first-order chi connectivity index (χ1) is 15.9. The van der Waals surface area contributed by atoms with Gasteiger partial charge in [0.1, 0.15) is 17.3 Å². The van der Waals surface area contributed by atoms with Crippen molar-refractivity contribution in [3.05, 3.63) is 58.9 Å². The number of carbonyl (C=O) groups excluding carboxylic acids is 2. The highest BCUT2D eigenvalue weighted by Gasteiger charge is 2.48. The molecule has 0 saturated heterocycles. The van der Waals surface area contributed by atoms with Gasteiger partial charge >= 0.3 is 0 Å². The van der Waals surface area contributed by atoms with Gasteiger partial charge in [0.15, 0.2) is 6.61 Å². The zero-order valence-corrected chi connectivity index (χ0v) is 19.2. The number of hydrogen-bond donors (Lipinski definition) is 2. The Morgan fingerprint density at radius 1 is 1.09 bits per heavy atom. The Bertz CT molecular complexity index is 1010. The van der Waals surface area contributed by atoms with Crippen LogP contribution in [0.25, 0.3) is 0 Å². The second-order valence-electron chi connectivity index (χ2n) is 8.63. The summed E-state index contributed by atoms with van der Waals surface area (Å²) in [6, 6.07) is 11.7. The van der Waals surface area contributed by atoms with Crippen LogP contribution in [0.3, 0.4) is 0 Å². The lowest BCUT2D eigenvalue weighted by Crippen LogP contribution is -2.56. The largest absolute Gasteiger partial charge is 0.494 e. The monoisotopic (exact) mass is 474 g/mol. The SMILES string of the molecule is CCOc1ccccc1CNC(=O)C1CC(NC(=O)COc2ccc(Cl)c(F)c2)C2CC1C2. The fraction of sp³-hybridized carbons (Fsp3) is 0.440. The fourth-order valence-electron chi connectivity index (χ4n) is 4.75. The molecular weight excluding hydrogens is 447 g/mol. The van der Waals surface area contributed by atoms with Crippen LogP contribution in [0.5, 0.6) is 11.5 Å². The maximum absolute atomic E-state index is 13.5. The molecule has 2 atom stereocenters. The lowest BCUT2D eigenvalue weighted by Gasteiger charge is -2.50. The molecule has 0 aliphatic heterocycles. The molecule has 0 aromatic heterocycles. The van der Waals surface area contributed by atoms with Crippen molar-refractivity contribution < 1.29 is 23.5 Å². The van der Waals surface area contributed by atoms with E-state index in [2.05, 4.69) is 10.6 Å². The van der Waals surface area contributed by atoms with Crippen LogP contribution in [-0.2, 0) is 16.1 Å². The van der Waals surface area contributed by atoms with Crippen LogP contribution in [-0.4, -0.2) is 31.1 Å². The number of para-hydroxylation sites is 1. The van der Waals surface area contributed by atoms with Crippen molar-refractivity contribution in [3.8, 4) is 11.5 Å². The second-order valence-corrected chi connectivity index (χ2v) is 9.04. The summed E-state index contributed by atoms with van der Waals surface area (Å²) >= 11 is 5.66. The van der Waals surface area contributed by atoms with Crippen LogP contribution in [0.1, 0.15) is 31.7 Å². The van der Waals surface area contributed by atoms with Crippen LogP contribution in [0.4, 0.5) is 4.39 Å². The van der Waals surface area contributed by atoms with Gasteiger partial charge in [0.25, 0.3) is 5.91 Å². The molecule has 2 unspecified atom stereocenters. The number of carbonyl (C=O) groups is 2. The maximum atomic E-state index is 13.5. The summed E-state index contributed by atoms with van der Waals surface area (Å²) < 4.78 is 24.5. The Morgan fingerprint density at radius 2 is 1.88 bits per heavy atom. The van der Waals surface area contributed by atoms with E-state index >= 15 is 0 Å². The first kappa shape index (κ1) is 23.4. The number of nitrogens with one attached hydrogen (secondary N) is 2. The van der Waals surface area contributed by atoms with Crippen LogP contribution in [0.15, 0.2) is 42.5 Å². The lowest BCUT2D eigenvalue weighted by atomic mass is 9.57. The van der Waals surface area contributed by atoms with Crippen LogP contribution in [0.2, 0.25) is 5.02 Å². The predicted octanol–water partition coefficient (Wildman–Crippen LogP) is 4.10. The number of benzene rings is 2. The van der Waals surface area contributed by atoms with E-state index in [9.17, 15) is 14.0 Å². The van der Waals surface area contributed by atoms with Crippen molar-refractivity contribution >= 4 is 23.4 Å². The summed E-state index contributed by atoms with van der Waals surface area (Å²) in [6.07, 6.45) is 2.47. The number of ether oxygens (including phenoxy) is 2. The summed E-state index contributed by atoms with van der Waals surface area (Å²) in [6.45, 7) is 2.68. The van der Waals surface area contributed by atoms with Crippen molar-refractivity contribution in [3.63, 3.8) is 0 Å². The van der Waals surface area contributed by atoms with Crippen LogP contribution >= 0.6 is 11.6 Å². The maximum Gasteiger partial charge on any atom is 0.258 e. The van der Waals surface area contributed by atoms with Gasteiger partial charge in [0, 0.05) is 30.1 Å². The Kier molecular flexibility index (Phi) is 7.38. The zero-order chi connectivity index (χ0) is 23.4. The van der Waals surface area contributed by atoms with E-state index in [0.717, 1.165) is 30.2 Å². The van der Waals surface area contributed by atoms with E-state index in [4.69, 9.17) is 21.1 Å². The van der Waals surface area contributed by atoms with Gasteiger partial charge in [0.05, 0.1) is 11.6 Å². The van der Waals surface area contributed by atoms with Crippen molar-refractivity contribution in [2.75, 3.05) is 13.2 Å². The third-order valence-corrected chi connectivity index (χ3v) is 6.83. The van der Waals surface area contributed by atoms with Gasteiger partial charge in [-0.05, 0) is 56.2 Å². The van der Waals surface area contributed by atoms with Crippen molar-refractivity contribution in [1.82, 2.24) is 10.6 Å². The summed E-state index contributed by atoms with van der Waals surface area (Å²) in [5.41, 5.74) is 0.940. The minimum absolute atomic E-state index is 0.000703. The van der Waals surface area contributed by atoms with E-state index < -0.39 is 5.82 Å². The topological polar surface area (TPSA) is 76.7 Å². The van der Waals surface area contributed by atoms with Gasteiger partial charge in [-0.15, -0.1) is 0 Å². The molecule has 0 heterocycles. The number of fused-ring (bicyclic) bond motifs is 2. The molecule has 2 N–H and O–H groups in total. The molecule has 3 aliphatic carbocycles. The molecule has 3 aliphatic rings. The van der Waals surface area contributed by atoms with Gasteiger partial charge in [0.2, 0.25) is 5.91 Å². The first-order valence-corrected chi connectivity index (χ1v) is 11.7. The van der Waals surface area contributed by atoms with Gasteiger partial charge < -0.3 is 20.1 Å². The Morgan fingerprint density at radius 3 is 2.64 bits per heavy atom. The molecule has 5 rings (SSSR count). The molecule has 176 valence electrons. The van der Waals surface area contributed by atoms with E-state index in [0.29, 0.717) is 31.4 Å². The van der Waals surface area contributed by atoms with Crippen LogP contribution < -0.4 is 20.1 Å². The van der Waals surface area contributed by atoms with Gasteiger partial charge in [-0.1, -0.05) is 29.8 Å². The van der Waals surface area contributed by atoms with Crippen molar-refractivity contribution in [2.24, 2.45) is 17.8 Å². The quantitative estimate of drug-likeness (QED) is 0.573.